The smallest absolute Gasteiger partial charge is 0.264 e. The number of nitrogens with one attached hydrogen (secondary N) is 1. The average molecular weight is 468 g/mol. The highest BCUT2D eigenvalue weighted by molar-refractivity contribution is 8.01. The molecule has 1 aliphatic rings. The number of hydrogen-bond donors (Lipinski definition) is 1. The first-order chi connectivity index (χ1) is 15.3. The first-order valence-corrected chi connectivity index (χ1v) is 13.0. The van der Waals surface area contributed by atoms with Gasteiger partial charge in [0.25, 0.3) is 10.1 Å². The Kier molecular flexibility index (Phi) is 6.42. The van der Waals surface area contributed by atoms with E-state index in [1.807, 2.05) is 54.6 Å². The van der Waals surface area contributed by atoms with Gasteiger partial charge in [-0.05, 0) is 23.6 Å². The number of carbonyl (C=O) groups excluding carboxylic acids is 1. The van der Waals surface area contributed by atoms with E-state index in [0.29, 0.717) is 0 Å². The first-order valence-electron chi connectivity index (χ1n) is 10.3. The molecule has 166 valence electrons. The molecule has 3 unspecified atom stereocenters. The Labute approximate surface area is 193 Å². The van der Waals surface area contributed by atoms with E-state index >= 15 is 0 Å². The zero-order valence-corrected chi connectivity index (χ0v) is 19.5. The average Bonchev–Trinajstić information content (AvgIpc) is 2.77. The maximum Gasteiger partial charge on any atom is 0.264 e. The van der Waals surface area contributed by atoms with Gasteiger partial charge in [-0.2, -0.15) is 8.42 Å². The van der Waals surface area contributed by atoms with Gasteiger partial charge in [-0.25, -0.2) is 0 Å². The molecule has 0 spiro atoms. The van der Waals surface area contributed by atoms with Crippen molar-refractivity contribution in [2.45, 2.75) is 23.1 Å². The summed E-state index contributed by atoms with van der Waals surface area (Å²) in [7, 11) is -3.68. The van der Waals surface area contributed by atoms with Crippen LogP contribution >= 0.6 is 11.8 Å². The molecule has 0 radical (unpaired) electrons. The van der Waals surface area contributed by atoms with E-state index in [1.54, 1.807) is 18.7 Å². The van der Waals surface area contributed by atoms with Crippen molar-refractivity contribution in [3.05, 3.63) is 108 Å². The predicted octanol–water partition coefficient (Wildman–Crippen LogP) is 4.15. The summed E-state index contributed by atoms with van der Waals surface area (Å²) < 4.78 is 27.9. The molecule has 1 aliphatic heterocycles. The van der Waals surface area contributed by atoms with Crippen LogP contribution in [-0.2, 0) is 23.8 Å². The Morgan fingerprint density at radius 1 is 0.844 bits per heavy atom. The summed E-state index contributed by atoms with van der Waals surface area (Å²) in [5.41, 5.74) is 3.21. The largest absolute Gasteiger partial charge is 0.343 e. The van der Waals surface area contributed by atoms with Gasteiger partial charge in [0.1, 0.15) is 0 Å². The van der Waals surface area contributed by atoms with Gasteiger partial charge >= 0.3 is 0 Å². The van der Waals surface area contributed by atoms with Crippen LogP contribution in [0, 0.1) is 5.92 Å². The van der Waals surface area contributed by atoms with Crippen molar-refractivity contribution in [2.24, 2.45) is 5.92 Å². The maximum atomic E-state index is 12.5. The molecule has 3 atom stereocenters. The molecule has 1 fully saturated rings. The molecule has 4 rings (SSSR count). The second-order valence-electron chi connectivity index (χ2n) is 7.86. The normalized spacial score (nSPS) is 19.6. The lowest BCUT2D eigenvalue weighted by Crippen LogP contribution is -2.62. The second kappa shape index (κ2) is 9.10. The van der Waals surface area contributed by atoms with Gasteiger partial charge in [0, 0.05) is 0 Å². The summed E-state index contributed by atoms with van der Waals surface area (Å²) in [4.78, 5) is 12.5. The summed E-state index contributed by atoms with van der Waals surface area (Å²) in [6, 6.07) is 30.4. The molecular formula is C25H25NO4S2. The molecule has 0 bridgehead atoms. The minimum atomic E-state index is -3.68. The fourth-order valence-corrected chi connectivity index (χ4v) is 6.71. The van der Waals surface area contributed by atoms with Crippen LogP contribution in [0.3, 0.4) is 0 Å². The van der Waals surface area contributed by atoms with E-state index in [9.17, 15) is 13.2 Å². The summed E-state index contributed by atoms with van der Waals surface area (Å²) in [5.74, 6) is -0.799. The highest BCUT2D eigenvalue weighted by Gasteiger charge is 2.50. The fraction of sp³-hybridized carbons (Fsp3) is 0.240. The Bertz CT molecular complexity index is 1070. The third-order valence-electron chi connectivity index (χ3n) is 5.59. The van der Waals surface area contributed by atoms with Crippen LogP contribution in [-0.4, -0.2) is 32.1 Å². The molecule has 1 amide bonds. The molecule has 7 heteroatoms. The molecule has 3 aromatic rings. The highest BCUT2D eigenvalue weighted by atomic mass is 32.2. The van der Waals surface area contributed by atoms with Crippen molar-refractivity contribution in [2.75, 3.05) is 6.26 Å². The maximum absolute atomic E-state index is 12.5. The first kappa shape index (κ1) is 22.6. The van der Waals surface area contributed by atoms with Gasteiger partial charge in [-0.1, -0.05) is 91.0 Å². The van der Waals surface area contributed by atoms with Gasteiger partial charge in [-0.3, -0.25) is 8.98 Å². The molecule has 1 saturated heterocycles. The monoisotopic (exact) mass is 467 g/mol. The van der Waals surface area contributed by atoms with Gasteiger partial charge in [-0.15, -0.1) is 11.8 Å². The summed E-state index contributed by atoms with van der Waals surface area (Å²) in [6.07, 6.45) is 0.237. The zero-order valence-electron chi connectivity index (χ0n) is 17.8. The van der Waals surface area contributed by atoms with Gasteiger partial charge in [0.2, 0.25) is 5.91 Å². The van der Waals surface area contributed by atoms with Crippen molar-refractivity contribution in [3.63, 3.8) is 0 Å². The molecule has 32 heavy (non-hydrogen) atoms. The van der Waals surface area contributed by atoms with Crippen LogP contribution in [0.4, 0.5) is 0 Å². The van der Waals surface area contributed by atoms with Crippen LogP contribution in [0.1, 0.15) is 23.6 Å². The lowest BCUT2D eigenvalue weighted by atomic mass is 9.84. The summed E-state index contributed by atoms with van der Waals surface area (Å²) in [5, 5.41) is 2.64. The van der Waals surface area contributed by atoms with E-state index < -0.39 is 26.9 Å². The van der Waals surface area contributed by atoms with E-state index in [-0.39, 0.29) is 11.3 Å². The topological polar surface area (TPSA) is 72.5 Å². The van der Waals surface area contributed by atoms with Crippen molar-refractivity contribution >= 4 is 27.8 Å². The highest BCUT2D eigenvalue weighted by Crippen LogP contribution is 2.52. The third-order valence-corrected chi connectivity index (χ3v) is 7.97. The SMILES string of the molecule is CC(OS(C)(=O)=O)C1C(=O)NC1SC(c1ccccc1)(c1ccccc1)c1ccccc1. The van der Waals surface area contributed by atoms with Crippen molar-refractivity contribution < 1.29 is 17.4 Å². The number of benzene rings is 3. The molecule has 0 saturated carbocycles. The van der Waals surface area contributed by atoms with Crippen LogP contribution in [0.5, 0.6) is 0 Å². The molecule has 3 aromatic carbocycles. The van der Waals surface area contributed by atoms with Crippen molar-refractivity contribution in [1.82, 2.24) is 5.32 Å². The number of β-lactam (4-membered cyclic amide) rings is 1. The zero-order chi connectivity index (χ0) is 22.8. The van der Waals surface area contributed by atoms with Gasteiger partial charge in [0.05, 0.1) is 28.4 Å². The van der Waals surface area contributed by atoms with E-state index in [2.05, 4.69) is 41.7 Å². The number of rotatable bonds is 8. The Morgan fingerprint density at radius 2 is 1.25 bits per heavy atom. The van der Waals surface area contributed by atoms with E-state index in [1.165, 1.54) is 0 Å². The van der Waals surface area contributed by atoms with Crippen molar-refractivity contribution in [3.8, 4) is 0 Å². The Hall–Kier alpha value is -2.61. The third kappa shape index (κ3) is 4.46. The predicted molar refractivity (Wildman–Crippen MR) is 128 cm³/mol. The number of hydrogen-bond acceptors (Lipinski definition) is 5. The molecule has 1 N–H and O–H groups in total. The lowest BCUT2D eigenvalue weighted by molar-refractivity contribution is -0.135. The van der Waals surface area contributed by atoms with Crippen molar-refractivity contribution in [1.29, 1.82) is 0 Å². The number of carbonyl (C=O) groups is 1. The Balaban J connectivity index is 1.83. The van der Waals surface area contributed by atoms with Gasteiger partial charge in [0.15, 0.2) is 0 Å². The van der Waals surface area contributed by atoms with E-state index in [0.717, 1.165) is 22.9 Å². The quantitative estimate of drug-likeness (QED) is 0.306. The molecule has 0 aromatic heterocycles. The van der Waals surface area contributed by atoms with Crippen LogP contribution in [0.2, 0.25) is 0 Å². The molecular weight excluding hydrogens is 442 g/mol. The number of thioether (sulfide) groups is 1. The molecule has 1 heterocycles. The summed E-state index contributed by atoms with van der Waals surface area (Å²) >= 11 is 1.60. The van der Waals surface area contributed by atoms with Gasteiger partial charge < -0.3 is 5.32 Å². The minimum absolute atomic E-state index is 0.207. The fourth-order valence-electron chi connectivity index (χ4n) is 4.18. The lowest BCUT2D eigenvalue weighted by Gasteiger charge is -2.45. The molecule has 5 nitrogen and oxygen atoms in total. The minimum Gasteiger partial charge on any atom is -0.343 e. The standard InChI is InChI=1S/C25H25NO4S2/c1-18(30-32(2,28)29)22-23(27)26-24(22)31-25(19-12-6-3-7-13-19,20-14-8-4-9-15-20)21-16-10-5-11-17-21/h3-18,22,24H,1-2H3,(H,26,27). The summed E-state index contributed by atoms with van der Waals surface area (Å²) in [6.45, 7) is 1.63. The number of amides is 1. The van der Waals surface area contributed by atoms with Crippen LogP contribution in [0.25, 0.3) is 0 Å². The second-order valence-corrected chi connectivity index (χ2v) is 10.8. The van der Waals surface area contributed by atoms with Crippen LogP contribution in [0.15, 0.2) is 91.0 Å². The Morgan fingerprint density at radius 3 is 1.59 bits per heavy atom. The van der Waals surface area contributed by atoms with E-state index in [4.69, 9.17) is 4.18 Å². The molecule has 0 aliphatic carbocycles. The van der Waals surface area contributed by atoms with Crippen LogP contribution < -0.4 is 5.32 Å².